The number of nitrogens with two attached hydrogens (primary N) is 1. The molecule has 0 atom stereocenters. The van der Waals surface area contributed by atoms with Gasteiger partial charge in [-0.2, -0.15) is 4.39 Å². The fraction of sp³-hybridized carbons (Fsp3) is 0.143. The lowest BCUT2D eigenvalue weighted by Crippen LogP contribution is -1.99. The summed E-state index contributed by atoms with van der Waals surface area (Å²) < 4.78 is 30.4. The molecule has 0 aromatic heterocycles. The molecule has 2 N–H and O–H groups in total. The monoisotopic (exact) mass is 237 g/mol. The Balaban J connectivity index is 3.42. The quantitative estimate of drug-likeness (QED) is 0.601. The third-order valence-corrected chi connectivity index (χ3v) is 2.02. The molecule has 0 amide bonds. The molecule has 2 nitrogen and oxygen atoms in total. The van der Waals surface area contributed by atoms with Gasteiger partial charge in [-0.15, -0.1) is 0 Å². The highest BCUT2D eigenvalue weighted by molar-refractivity contribution is 9.10. The van der Waals surface area contributed by atoms with Crippen molar-refractivity contribution in [2.45, 2.75) is 0 Å². The van der Waals surface area contributed by atoms with Crippen LogP contribution in [0, 0.1) is 11.6 Å². The van der Waals surface area contributed by atoms with Crippen molar-refractivity contribution in [3.05, 3.63) is 22.2 Å². The highest BCUT2D eigenvalue weighted by Gasteiger charge is 2.15. The molecule has 0 saturated carbocycles. The van der Waals surface area contributed by atoms with Gasteiger partial charge in [-0.25, -0.2) is 4.39 Å². The summed E-state index contributed by atoms with van der Waals surface area (Å²) in [6.07, 6.45) is 0. The van der Waals surface area contributed by atoms with Crippen molar-refractivity contribution in [2.75, 3.05) is 12.8 Å². The molecule has 1 aromatic carbocycles. The lowest BCUT2D eigenvalue weighted by atomic mass is 10.3. The highest BCUT2D eigenvalue weighted by Crippen LogP contribution is 2.33. The largest absolute Gasteiger partial charge is 0.491 e. The second-order valence-corrected chi connectivity index (χ2v) is 2.96. The number of benzene rings is 1. The number of nitrogen functional groups attached to an aromatic ring is 1. The minimum absolute atomic E-state index is 0.0522. The standard InChI is InChI=1S/C7H6BrF2NO/c1-12-7-5(10)4(9)2-3(8)6(7)11/h2H,11H2,1H3. The number of ether oxygens (including phenoxy) is 1. The molecule has 0 unspecified atom stereocenters. The van der Waals surface area contributed by atoms with Gasteiger partial charge in [0, 0.05) is 4.47 Å². The maximum Gasteiger partial charge on any atom is 0.202 e. The number of halogens is 3. The van der Waals surface area contributed by atoms with Crippen molar-refractivity contribution in [3.63, 3.8) is 0 Å². The van der Waals surface area contributed by atoms with Gasteiger partial charge >= 0.3 is 0 Å². The second kappa shape index (κ2) is 3.26. The zero-order valence-corrected chi connectivity index (χ0v) is 7.78. The molecule has 0 aliphatic carbocycles. The molecule has 0 spiro atoms. The van der Waals surface area contributed by atoms with E-state index in [9.17, 15) is 8.78 Å². The van der Waals surface area contributed by atoms with E-state index in [1.807, 2.05) is 0 Å². The molecule has 0 saturated heterocycles. The van der Waals surface area contributed by atoms with Gasteiger partial charge in [0.2, 0.25) is 5.82 Å². The first-order valence-electron chi connectivity index (χ1n) is 3.05. The molecule has 12 heavy (non-hydrogen) atoms. The van der Waals surface area contributed by atoms with Gasteiger partial charge in [0.15, 0.2) is 11.6 Å². The topological polar surface area (TPSA) is 35.2 Å². The smallest absolute Gasteiger partial charge is 0.202 e. The number of rotatable bonds is 1. The van der Waals surface area contributed by atoms with Crippen LogP contribution in [0.15, 0.2) is 10.5 Å². The van der Waals surface area contributed by atoms with Crippen LogP contribution in [-0.4, -0.2) is 7.11 Å². The molecule has 0 radical (unpaired) electrons. The van der Waals surface area contributed by atoms with Crippen LogP contribution in [-0.2, 0) is 0 Å². The zero-order valence-electron chi connectivity index (χ0n) is 6.20. The first-order chi connectivity index (χ1) is 5.57. The first kappa shape index (κ1) is 9.25. The summed E-state index contributed by atoms with van der Waals surface area (Å²) >= 11 is 2.96. The molecule has 0 bridgehead atoms. The van der Waals surface area contributed by atoms with Gasteiger partial charge in [-0.3, -0.25) is 0 Å². The van der Waals surface area contributed by atoms with Gasteiger partial charge < -0.3 is 10.5 Å². The van der Waals surface area contributed by atoms with E-state index in [1.54, 1.807) is 0 Å². The van der Waals surface area contributed by atoms with E-state index in [4.69, 9.17) is 5.73 Å². The van der Waals surface area contributed by atoms with Gasteiger partial charge in [-0.05, 0) is 22.0 Å². The average molecular weight is 238 g/mol. The van der Waals surface area contributed by atoms with Crippen molar-refractivity contribution >= 4 is 21.6 Å². The van der Waals surface area contributed by atoms with Crippen molar-refractivity contribution in [2.24, 2.45) is 0 Å². The van der Waals surface area contributed by atoms with Crippen LogP contribution in [0.4, 0.5) is 14.5 Å². The lowest BCUT2D eigenvalue weighted by Gasteiger charge is -2.07. The Morgan fingerprint density at radius 2 is 2.08 bits per heavy atom. The molecule has 0 aliphatic heterocycles. The Morgan fingerprint density at radius 1 is 1.50 bits per heavy atom. The van der Waals surface area contributed by atoms with E-state index in [0.29, 0.717) is 0 Å². The molecule has 66 valence electrons. The van der Waals surface area contributed by atoms with Crippen LogP contribution < -0.4 is 10.5 Å². The average Bonchev–Trinajstić information content (AvgIpc) is 2.02. The van der Waals surface area contributed by atoms with Crippen LogP contribution in [0.3, 0.4) is 0 Å². The molecule has 1 rings (SSSR count). The minimum atomic E-state index is -1.07. The van der Waals surface area contributed by atoms with Crippen LogP contribution in [0.2, 0.25) is 0 Å². The van der Waals surface area contributed by atoms with E-state index < -0.39 is 11.6 Å². The van der Waals surface area contributed by atoms with Crippen molar-refractivity contribution in [1.29, 1.82) is 0 Å². The zero-order chi connectivity index (χ0) is 9.30. The van der Waals surface area contributed by atoms with Crippen LogP contribution in [0.25, 0.3) is 0 Å². The Bertz CT molecular complexity index is 291. The maximum absolute atomic E-state index is 12.8. The Kier molecular flexibility index (Phi) is 2.52. The van der Waals surface area contributed by atoms with Crippen LogP contribution >= 0.6 is 15.9 Å². The van der Waals surface area contributed by atoms with Crippen molar-refractivity contribution in [3.8, 4) is 5.75 Å². The summed E-state index contributed by atoms with van der Waals surface area (Å²) in [5.41, 5.74) is 5.44. The third kappa shape index (κ3) is 1.36. The Hall–Kier alpha value is -0.840. The Morgan fingerprint density at radius 3 is 2.58 bits per heavy atom. The van der Waals surface area contributed by atoms with E-state index in [1.165, 1.54) is 7.11 Å². The van der Waals surface area contributed by atoms with Crippen molar-refractivity contribution in [1.82, 2.24) is 0 Å². The van der Waals surface area contributed by atoms with Gasteiger partial charge in [0.05, 0.1) is 12.8 Å². The normalized spacial score (nSPS) is 10.0. The molecular formula is C7H6BrF2NO. The van der Waals surface area contributed by atoms with Crippen LogP contribution in [0.1, 0.15) is 0 Å². The van der Waals surface area contributed by atoms with E-state index in [0.717, 1.165) is 6.07 Å². The number of methoxy groups -OCH3 is 1. The second-order valence-electron chi connectivity index (χ2n) is 2.10. The summed E-state index contributed by atoms with van der Waals surface area (Å²) in [6, 6.07) is 0.952. The number of hydrogen-bond donors (Lipinski definition) is 1. The Labute approximate surface area is 76.4 Å². The minimum Gasteiger partial charge on any atom is -0.491 e. The van der Waals surface area contributed by atoms with Crippen molar-refractivity contribution < 1.29 is 13.5 Å². The summed E-state index contributed by atoms with van der Waals surface area (Å²) in [5.74, 6) is -2.34. The third-order valence-electron chi connectivity index (χ3n) is 1.37. The summed E-state index contributed by atoms with van der Waals surface area (Å²) in [4.78, 5) is 0. The van der Waals surface area contributed by atoms with Crippen LogP contribution in [0.5, 0.6) is 5.75 Å². The lowest BCUT2D eigenvalue weighted by molar-refractivity contribution is 0.373. The molecule has 1 aromatic rings. The first-order valence-corrected chi connectivity index (χ1v) is 3.84. The number of hydrogen-bond acceptors (Lipinski definition) is 2. The SMILES string of the molecule is COc1c(N)c(Br)cc(F)c1F. The highest BCUT2D eigenvalue weighted by atomic mass is 79.9. The van der Waals surface area contributed by atoms with E-state index in [2.05, 4.69) is 20.7 Å². The molecule has 0 fully saturated rings. The van der Waals surface area contributed by atoms with E-state index >= 15 is 0 Å². The maximum atomic E-state index is 12.8. The molecule has 0 heterocycles. The molecule has 0 aliphatic rings. The molecular weight excluding hydrogens is 232 g/mol. The van der Waals surface area contributed by atoms with Gasteiger partial charge in [0.1, 0.15) is 0 Å². The molecule has 5 heteroatoms. The summed E-state index contributed by atoms with van der Waals surface area (Å²) in [5, 5.41) is 0. The predicted molar refractivity (Wildman–Crippen MR) is 45.0 cm³/mol. The summed E-state index contributed by atoms with van der Waals surface area (Å²) in [7, 11) is 1.22. The van der Waals surface area contributed by atoms with Gasteiger partial charge in [0.25, 0.3) is 0 Å². The van der Waals surface area contributed by atoms with E-state index in [-0.39, 0.29) is 15.9 Å². The predicted octanol–water partition coefficient (Wildman–Crippen LogP) is 2.32. The summed E-state index contributed by atoms with van der Waals surface area (Å²) in [6.45, 7) is 0. The fourth-order valence-corrected chi connectivity index (χ4v) is 1.17. The number of anilines is 1. The fourth-order valence-electron chi connectivity index (χ4n) is 0.787. The van der Waals surface area contributed by atoms with Gasteiger partial charge in [-0.1, -0.05) is 0 Å².